The van der Waals surface area contributed by atoms with Gasteiger partial charge in [-0.15, -0.1) is 0 Å². The average molecular weight is 622 g/mol. The summed E-state index contributed by atoms with van der Waals surface area (Å²) in [6.45, 7) is 7.48. The van der Waals surface area contributed by atoms with Crippen LogP contribution in [0.3, 0.4) is 0 Å². The number of rotatable bonds is 8. The lowest BCUT2D eigenvalue weighted by molar-refractivity contribution is -0.137. The minimum Gasteiger partial charge on any atom is -0.494 e. The first-order valence-electron chi connectivity index (χ1n) is 14.3. The van der Waals surface area contributed by atoms with Crippen molar-refractivity contribution in [3.05, 3.63) is 107 Å². The highest BCUT2D eigenvalue weighted by molar-refractivity contribution is 6.04. The summed E-state index contributed by atoms with van der Waals surface area (Å²) in [4.78, 5) is 37.8. The zero-order valence-electron chi connectivity index (χ0n) is 25.2. The molecule has 0 aromatic heterocycles. The first-order valence-corrected chi connectivity index (χ1v) is 14.3. The molecule has 1 aliphatic heterocycles. The number of hydrogen-bond donors (Lipinski definition) is 3. The van der Waals surface area contributed by atoms with Gasteiger partial charge < -0.3 is 25.4 Å². The minimum absolute atomic E-state index is 0.121. The smallest absolute Gasteiger partial charge is 0.416 e. The number of halogens is 3. The van der Waals surface area contributed by atoms with Crippen LogP contribution in [0.2, 0.25) is 0 Å². The molecule has 0 saturated heterocycles. The van der Waals surface area contributed by atoms with E-state index in [-0.39, 0.29) is 6.42 Å². The quantitative estimate of drug-likeness (QED) is 0.184. The molecule has 0 saturated carbocycles. The molecule has 1 atom stereocenters. The third-order valence-electron chi connectivity index (χ3n) is 6.62. The number of nitrogens with one attached hydrogen (secondary N) is 3. The Labute approximate surface area is 259 Å². The fraction of sp³-hybridized carbons (Fsp3) is 0.265. The largest absolute Gasteiger partial charge is 0.494 e. The second-order valence-corrected chi connectivity index (χ2v) is 11.2. The lowest BCUT2D eigenvalue weighted by atomic mass is 9.96. The number of carbonyl (C=O) groups is 3. The Kier molecular flexibility index (Phi) is 10.0. The van der Waals surface area contributed by atoms with Crippen LogP contribution in [0.4, 0.5) is 29.3 Å². The van der Waals surface area contributed by atoms with Gasteiger partial charge in [0, 0.05) is 29.4 Å². The van der Waals surface area contributed by atoms with Crippen molar-refractivity contribution in [2.75, 3.05) is 17.2 Å². The Morgan fingerprint density at radius 2 is 1.62 bits per heavy atom. The number of fused-ring (bicyclic) bond motifs is 1. The van der Waals surface area contributed by atoms with Crippen LogP contribution in [-0.4, -0.2) is 36.2 Å². The molecular weight excluding hydrogens is 587 g/mol. The number of ether oxygens (including phenoxy) is 2. The van der Waals surface area contributed by atoms with E-state index in [1.807, 2.05) is 6.92 Å². The van der Waals surface area contributed by atoms with Gasteiger partial charge in [0.25, 0.3) is 0 Å². The van der Waals surface area contributed by atoms with Gasteiger partial charge in [-0.25, -0.2) is 4.79 Å². The Bertz CT molecular complexity index is 1610. The van der Waals surface area contributed by atoms with E-state index >= 15 is 0 Å². The molecule has 0 fully saturated rings. The molecule has 1 aliphatic rings. The van der Waals surface area contributed by atoms with Gasteiger partial charge in [0.2, 0.25) is 11.8 Å². The van der Waals surface area contributed by atoms with Crippen molar-refractivity contribution in [1.82, 2.24) is 5.32 Å². The second-order valence-electron chi connectivity index (χ2n) is 11.2. The molecule has 4 rings (SSSR count). The number of amides is 3. The van der Waals surface area contributed by atoms with Gasteiger partial charge in [-0.3, -0.25) is 9.59 Å². The van der Waals surface area contributed by atoms with Gasteiger partial charge in [-0.05, 0) is 80.8 Å². The number of allylic oxidation sites excluding steroid dienone is 2. The van der Waals surface area contributed by atoms with Gasteiger partial charge in [0.05, 0.1) is 12.2 Å². The number of alkyl halides is 3. The summed E-state index contributed by atoms with van der Waals surface area (Å²) >= 11 is 0. The fourth-order valence-corrected chi connectivity index (χ4v) is 4.63. The summed E-state index contributed by atoms with van der Waals surface area (Å²) in [6, 6.07) is 16.0. The summed E-state index contributed by atoms with van der Waals surface area (Å²) in [5, 5.41) is 8.12. The van der Waals surface area contributed by atoms with Crippen molar-refractivity contribution < 1.29 is 37.0 Å². The van der Waals surface area contributed by atoms with E-state index in [0.29, 0.717) is 46.0 Å². The average Bonchev–Trinajstić information content (AvgIpc) is 2.95. The second kappa shape index (κ2) is 13.7. The maximum atomic E-state index is 13.2. The maximum absolute atomic E-state index is 13.2. The molecule has 236 valence electrons. The van der Waals surface area contributed by atoms with E-state index in [1.165, 1.54) is 24.3 Å². The summed E-state index contributed by atoms with van der Waals surface area (Å²) in [5.74, 6) is -0.243. The van der Waals surface area contributed by atoms with Gasteiger partial charge in [-0.2, -0.15) is 13.2 Å². The molecule has 8 nitrogen and oxygen atoms in total. The van der Waals surface area contributed by atoms with Crippen LogP contribution in [-0.2, 0) is 26.9 Å². The monoisotopic (exact) mass is 621 g/mol. The number of carbonyl (C=O) groups excluding carboxylic acids is 3. The van der Waals surface area contributed by atoms with E-state index in [1.54, 1.807) is 69.3 Å². The zero-order chi connectivity index (χ0) is 32.8. The van der Waals surface area contributed by atoms with Crippen molar-refractivity contribution in [2.24, 2.45) is 0 Å². The molecule has 0 spiro atoms. The molecule has 3 amide bonds. The molecular formula is C34H34F3N3O5. The van der Waals surface area contributed by atoms with Crippen LogP contribution in [0, 0.1) is 0 Å². The lowest BCUT2D eigenvalue weighted by Gasteiger charge is -2.28. The highest BCUT2D eigenvalue weighted by Crippen LogP contribution is 2.32. The number of hydrogen-bond acceptors (Lipinski definition) is 5. The van der Waals surface area contributed by atoms with Crippen LogP contribution >= 0.6 is 0 Å². The number of alkyl carbamates (subject to hydrolysis) is 1. The first-order chi connectivity index (χ1) is 21.2. The van der Waals surface area contributed by atoms with Crippen LogP contribution in [0.15, 0.2) is 85.0 Å². The number of anilines is 2. The fourth-order valence-electron chi connectivity index (χ4n) is 4.63. The van der Waals surface area contributed by atoms with Crippen LogP contribution in [0.1, 0.15) is 49.9 Å². The Morgan fingerprint density at radius 3 is 2.22 bits per heavy atom. The topological polar surface area (TPSA) is 106 Å². The Balaban J connectivity index is 1.54. The normalized spacial score (nSPS) is 15.2. The first kappa shape index (κ1) is 32.8. The maximum Gasteiger partial charge on any atom is 0.416 e. The molecule has 3 aromatic rings. The van der Waals surface area contributed by atoms with Gasteiger partial charge in [-0.1, -0.05) is 42.5 Å². The van der Waals surface area contributed by atoms with Gasteiger partial charge >= 0.3 is 12.3 Å². The standard InChI is InChI=1S/C34H34F3N3O5/c1-5-44-24-18-14-22(15-19-24)25(21-12-16-23(17-13-21)34(35,36)37)8-6-11-30(41)38-27-9-7-10-28-26(27)20-29(31(42)39-28)40-32(43)45-33(2,3)4/h6-19,29H,5,20H2,1-4H3,(H,38,41)(H,39,42)(H,40,43)/b11-6+,25-8-. The summed E-state index contributed by atoms with van der Waals surface area (Å²) < 4.78 is 50.3. The molecule has 11 heteroatoms. The lowest BCUT2D eigenvalue weighted by Crippen LogP contribution is -2.49. The predicted molar refractivity (Wildman–Crippen MR) is 166 cm³/mol. The van der Waals surface area contributed by atoms with E-state index < -0.39 is 41.3 Å². The van der Waals surface area contributed by atoms with Crippen molar-refractivity contribution in [2.45, 2.75) is 51.9 Å². The third kappa shape index (κ3) is 8.98. The van der Waals surface area contributed by atoms with Crippen LogP contribution < -0.4 is 20.7 Å². The molecule has 1 unspecified atom stereocenters. The van der Waals surface area contributed by atoms with Crippen LogP contribution in [0.5, 0.6) is 5.75 Å². The van der Waals surface area contributed by atoms with Crippen molar-refractivity contribution in [3.8, 4) is 5.75 Å². The third-order valence-corrected chi connectivity index (χ3v) is 6.62. The van der Waals surface area contributed by atoms with E-state index in [0.717, 1.165) is 12.1 Å². The summed E-state index contributed by atoms with van der Waals surface area (Å²) in [7, 11) is 0. The van der Waals surface area contributed by atoms with Crippen molar-refractivity contribution in [3.63, 3.8) is 0 Å². The summed E-state index contributed by atoms with van der Waals surface area (Å²) in [6.07, 6.45) is -0.655. The molecule has 1 heterocycles. The SMILES string of the molecule is CCOc1ccc(/C(=C\C=C\C(=O)Nc2cccc3c2CC(NC(=O)OC(C)(C)C)C(=O)N3)c2ccc(C(F)(F)F)cc2)cc1. The molecule has 0 radical (unpaired) electrons. The highest BCUT2D eigenvalue weighted by atomic mass is 19.4. The van der Waals surface area contributed by atoms with Crippen molar-refractivity contribution in [1.29, 1.82) is 0 Å². The van der Waals surface area contributed by atoms with Gasteiger partial charge in [0.15, 0.2) is 0 Å². The van der Waals surface area contributed by atoms with Crippen molar-refractivity contribution >= 4 is 34.9 Å². The molecule has 3 aromatic carbocycles. The molecule has 0 bridgehead atoms. The Morgan fingerprint density at radius 1 is 0.978 bits per heavy atom. The van der Waals surface area contributed by atoms with Crippen LogP contribution in [0.25, 0.3) is 5.57 Å². The molecule has 45 heavy (non-hydrogen) atoms. The summed E-state index contributed by atoms with van der Waals surface area (Å²) in [5.41, 5.74) is 1.88. The van der Waals surface area contributed by atoms with E-state index in [2.05, 4.69) is 16.0 Å². The van der Waals surface area contributed by atoms with E-state index in [4.69, 9.17) is 9.47 Å². The molecule has 0 aliphatic carbocycles. The Hall–Kier alpha value is -5.06. The highest BCUT2D eigenvalue weighted by Gasteiger charge is 2.31. The number of benzene rings is 3. The van der Waals surface area contributed by atoms with Gasteiger partial charge in [0.1, 0.15) is 17.4 Å². The molecule has 3 N–H and O–H groups in total. The predicted octanol–water partition coefficient (Wildman–Crippen LogP) is 7.12. The zero-order valence-corrected chi connectivity index (χ0v) is 25.2. The minimum atomic E-state index is -4.47. The van der Waals surface area contributed by atoms with E-state index in [9.17, 15) is 27.6 Å².